The molecule has 1 heterocycles. The number of methoxy groups -OCH3 is 1. The van der Waals surface area contributed by atoms with Crippen LogP contribution in [0.2, 0.25) is 0 Å². The summed E-state index contributed by atoms with van der Waals surface area (Å²) in [5.74, 6) is 0.507. The van der Waals surface area contributed by atoms with Crippen molar-refractivity contribution in [2.75, 3.05) is 32.7 Å². The van der Waals surface area contributed by atoms with Crippen molar-refractivity contribution in [1.29, 1.82) is 0 Å². The molecule has 0 radical (unpaired) electrons. The molecule has 0 aliphatic rings. The van der Waals surface area contributed by atoms with Crippen LogP contribution in [0.5, 0.6) is 0 Å². The summed E-state index contributed by atoms with van der Waals surface area (Å²) in [4.78, 5) is 4.12. The maximum atomic E-state index is 9.56. The Kier molecular flexibility index (Phi) is 6.47. The number of aromatic nitrogens is 1. The zero-order valence-corrected chi connectivity index (χ0v) is 10.3. The van der Waals surface area contributed by atoms with Crippen LogP contribution < -0.4 is 0 Å². The lowest BCUT2D eigenvalue weighted by Gasteiger charge is -2.09. The Morgan fingerprint density at radius 2 is 2.38 bits per heavy atom. The maximum absolute atomic E-state index is 9.56. The molecule has 0 spiro atoms. The summed E-state index contributed by atoms with van der Waals surface area (Å²) in [6.07, 6.45) is 1.07. The van der Waals surface area contributed by atoms with Gasteiger partial charge in [0, 0.05) is 12.9 Å². The van der Waals surface area contributed by atoms with Crippen molar-refractivity contribution in [3.8, 4) is 0 Å². The first-order chi connectivity index (χ1) is 7.72. The lowest BCUT2D eigenvalue weighted by Crippen LogP contribution is -2.19. The van der Waals surface area contributed by atoms with E-state index in [1.807, 2.05) is 6.92 Å². The van der Waals surface area contributed by atoms with Crippen molar-refractivity contribution in [3.63, 3.8) is 0 Å². The van der Waals surface area contributed by atoms with E-state index in [9.17, 15) is 5.11 Å². The molecule has 0 aliphatic carbocycles. The number of hydrogen-bond acceptors (Lipinski definition) is 6. The number of nitrogens with zero attached hydrogens (tertiary/aromatic N) is 1. The van der Waals surface area contributed by atoms with Gasteiger partial charge in [-0.25, -0.2) is 4.98 Å². The first kappa shape index (κ1) is 13.5. The summed E-state index contributed by atoms with van der Waals surface area (Å²) in [5, 5.41) is 10.1. The number of aliphatic hydroxyl groups excluding tert-OH is 1. The van der Waals surface area contributed by atoms with Gasteiger partial charge in [0.15, 0.2) is 0 Å². The molecular formula is C10H17NO4S. The first-order valence-corrected chi connectivity index (χ1v) is 6.00. The summed E-state index contributed by atoms with van der Waals surface area (Å²) < 4.78 is 15.1. The molecule has 0 bridgehead atoms. The van der Waals surface area contributed by atoms with E-state index in [1.165, 1.54) is 11.8 Å². The molecule has 1 aromatic rings. The number of aryl methyl sites for hydroxylation is 1. The minimum Gasteiger partial charge on any atom is -0.440 e. The van der Waals surface area contributed by atoms with Crippen LogP contribution in [0.25, 0.3) is 0 Å². The molecule has 5 nitrogen and oxygen atoms in total. The summed E-state index contributed by atoms with van der Waals surface area (Å²) in [6, 6.07) is 0. The van der Waals surface area contributed by atoms with Crippen molar-refractivity contribution < 1.29 is 19.0 Å². The smallest absolute Gasteiger partial charge is 0.255 e. The van der Waals surface area contributed by atoms with Gasteiger partial charge >= 0.3 is 0 Å². The predicted octanol–water partition coefficient (Wildman–Crippen LogP) is 1.10. The lowest BCUT2D eigenvalue weighted by molar-refractivity contribution is 0.0218. The predicted molar refractivity (Wildman–Crippen MR) is 60.7 cm³/mol. The molecule has 0 aromatic carbocycles. The van der Waals surface area contributed by atoms with Gasteiger partial charge in [-0.15, -0.1) is 0 Å². The average molecular weight is 247 g/mol. The topological polar surface area (TPSA) is 64.7 Å². The monoisotopic (exact) mass is 247 g/mol. The number of hydrogen-bond donors (Lipinski definition) is 1. The summed E-state index contributed by atoms with van der Waals surface area (Å²) in [7, 11) is 1.61. The van der Waals surface area contributed by atoms with E-state index in [-0.39, 0.29) is 0 Å². The Morgan fingerprint density at radius 1 is 1.56 bits per heavy atom. The fourth-order valence-electron chi connectivity index (χ4n) is 0.976. The van der Waals surface area contributed by atoms with E-state index in [2.05, 4.69) is 4.98 Å². The fraction of sp³-hybridized carbons (Fsp3) is 0.700. The van der Waals surface area contributed by atoms with Crippen molar-refractivity contribution in [1.82, 2.24) is 4.98 Å². The van der Waals surface area contributed by atoms with Gasteiger partial charge in [-0.05, 0) is 6.92 Å². The van der Waals surface area contributed by atoms with Crippen molar-refractivity contribution in [3.05, 3.63) is 12.0 Å². The van der Waals surface area contributed by atoms with Gasteiger partial charge in [-0.3, -0.25) is 0 Å². The van der Waals surface area contributed by atoms with E-state index >= 15 is 0 Å². The molecule has 6 heteroatoms. The Balaban J connectivity index is 2.08. The second-order valence-corrected chi connectivity index (χ2v) is 4.26. The summed E-state index contributed by atoms with van der Waals surface area (Å²) >= 11 is 1.37. The largest absolute Gasteiger partial charge is 0.440 e. The van der Waals surface area contributed by atoms with Gasteiger partial charge in [-0.1, -0.05) is 11.8 Å². The Hall–Kier alpha value is -0.560. The zero-order chi connectivity index (χ0) is 11.8. The number of ether oxygens (including phenoxy) is 2. The Bertz CT molecular complexity index is 292. The highest BCUT2D eigenvalue weighted by atomic mass is 32.2. The molecule has 1 N–H and O–H groups in total. The van der Waals surface area contributed by atoms with E-state index in [1.54, 1.807) is 13.4 Å². The molecule has 0 fully saturated rings. The Labute approximate surface area is 99.1 Å². The molecule has 1 atom stereocenters. The van der Waals surface area contributed by atoms with Crippen LogP contribution in [0.15, 0.2) is 15.9 Å². The van der Waals surface area contributed by atoms with Crippen molar-refractivity contribution >= 4 is 11.8 Å². The lowest BCUT2D eigenvalue weighted by atomic mass is 10.4. The van der Waals surface area contributed by atoms with Gasteiger partial charge in [0.05, 0.1) is 31.6 Å². The van der Waals surface area contributed by atoms with Gasteiger partial charge in [-0.2, -0.15) is 0 Å². The third-order valence-corrected chi connectivity index (χ3v) is 2.73. The molecule has 0 saturated carbocycles. The first-order valence-electron chi connectivity index (χ1n) is 5.02. The standard InChI is InChI=1S/C10H17NO4S/c1-8-5-15-10(11-8)16-7-9(12)6-14-4-3-13-2/h5,9,12H,3-4,6-7H2,1-2H3. The third kappa shape index (κ3) is 5.50. The highest BCUT2D eigenvalue weighted by Crippen LogP contribution is 2.17. The fourth-order valence-corrected chi connectivity index (χ4v) is 1.73. The van der Waals surface area contributed by atoms with Crippen LogP contribution in [0.1, 0.15) is 5.69 Å². The highest BCUT2D eigenvalue weighted by Gasteiger charge is 2.08. The second kappa shape index (κ2) is 7.67. The van der Waals surface area contributed by atoms with Gasteiger partial charge in [0.25, 0.3) is 5.22 Å². The molecule has 16 heavy (non-hydrogen) atoms. The quantitative estimate of drug-likeness (QED) is 0.548. The maximum Gasteiger partial charge on any atom is 0.255 e. The normalized spacial score (nSPS) is 12.9. The number of aliphatic hydroxyl groups is 1. The minimum absolute atomic E-state index is 0.302. The van der Waals surface area contributed by atoms with Crippen LogP contribution in [0.4, 0.5) is 0 Å². The van der Waals surface area contributed by atoms with E-state index in [4.69, 9.17) is 13.9 Å². The second-order valence-electron chi connectivity index (χ2n) is 3.29. The van der Waals surface area contributed by atoms with E-state index in [0.717, 1.165) is 5.69 Å². The molecule has 0 aliphatic heterocycles. The van der Waals surface area contributed by atoms with Gasteiger partial charge < -0.3 is 19.0 Å². The highest BCUT2D eigenvalue weighted by molar-refractivity contribution is 7.99. The molecule has 1 aromatic heterocycles. The van der Waals surface area contributed by atoms with Crippen LogP contribution in [0.3, 0.4) is 0 Å². The molecule has 1 rings (SSSR count). The number of oxazole rings is 1. The minimum atomic E-state index is -0.519. The van der Waals surface area contributed by atoms with Gasteiger partial charge in [0.2, 0.25) is 0 Å². The summed E-state index contributed by atoms with van der Waals surface area (Å²) in [6.45, 7) is 3.20. The molecule has 0 saturated heterocycles. The SMILES string of the molecule is COCCOCC(O)CSc1nc(C)co1. The molecule has 92 valence electrons. The van der Waals surface area contributed by atoms with Crippen molar-refractivity contribution in [2.45, 2.75) is 18.3 Å². The van der Waals surface area contributed by atoms with Crippen LogP contribution in [0, 0.1) is 6.92 Å². The molecular weight excluding hydrogens is 230 g/mol. The Morgan fingerprint density at radius 3 is 3.00 bits per heavy atom. The van der Waals surface area contributed by atoms with Crippen molar-refractivity contribution in [2.24, 2.45) is 0 Å². The third-order valence-electron chi connectivity index (χ3n) is 1.74. The van der Waals surface area contributed by atoms with E-state index < -0.39 is 6.10 Å². The van der Waals surface area contributed by atoms with Crippen LogP contribution in [-0.4, -0.2) is 48.9 Å². The number of thioether (sulfide) groups is 1. The number of rotatable bonds is 8. The average Bonchev–Trinajstić information content (AvgIpc) is 2.68. The zero-order valence-electron chi connectivity index (χ0n) is 9.51. The summed E-state index contributed by atoms with van der Waals surface area (Å²) in [5.41, 5.74) is 0.841. The van der Waals surface area contributed by atoms with Gasteiger partial charge in [0.1, 0.15) is 6.26 Å². The molecule has 1 unspecified atom stereocenters. The molecule has 0 amide bonds. The van der Waals surface area contributed by atoms with Crippen LogP contribution >= 0.6 is 11.8 Å². The van der Waals surface area contributed by atoms with Crippen LogP contribution in [-0.2, 0) is 9.47 Å². The van der Waals surface area contributed by atoms with E-state index in [0.29, 0.717) is 30.8 Å².